The van der Waals surface area contributed by atoms with Gasteiger partial charge in [-0.15, -0.1) is 0 Å². The molecule has 96 valence electrons. The lowest BCUT2D eigenvalue weighted by Gasteiger charge is -2.30. The fraction of sp³-hybridized carbons (Fsp3) is 0.750. The van der Waals surface area contributed by atoms with E-state index in [0.29, 0.717) is 19.8 Å². The Morgan fingerprint density at radius 1 is 1.59 bits per heavy atom. The predicted molar refractivity (Wildman–Crippen MR) is 65.0 cm³/mol. The molecule has 0 amide bonds. The summed E-state index contributed by atoms with van der Waals surface area (Å²) < 4.78 is 13.1. The number of aryl methyl sites for hydroxylation is 1. The first kappa shape index (κ1) is 12.5. The Morgan fingerprint density at radius 2 is 2.47 bits per heavy atom. The van der Waals surface area contributed by atoms with Crippen LogP contribution in [-0.4, -0.2) is 48.8 Å². The Kier molecular flexibility index (Phi) is 4.53. The summed E-state index contributed by atoms with van der Waals surface area (Å²) >= 11 is 0. The molecule has 0 saturated carbocycles. The van der Waals surface area contributed by atoms with Crippen molar-refractivity contribution in [3.05, 3.63) is 18.0 Å². The molecule has 0 bridgehead atoms. The van der Waals surface area contributed by atoms with E-state index in [9.17, 15) is 0 Å². The lowest BCUT2D eigenvalue weighted by atomic mass is 10.0. The van der Waals surface area contributed by atoms with E-state index in [1.165, 1.54) is 5.56 Å². The van der Waals surface area contributed by atoms with Gasteiger partial charge in [0.05, 0.1) is 32.1 Å². The number of likely N-dealkylation sites (N-methyl/N-ethyl adjacent to an activating group) is 1. The van der Waals surface area contributed by atoms with Gasteiger partial charge in [0.15, 0.2) is 0 Å². The Morgan fingerprint density at radius 3 is 3.06 bits per heavy atom. The number of nitrogens with zero attached hydrogens (tertiary/aromatic N) is 2. The van der Waals surface area contributed by atoms with Gasteiger partial charge in [-0.25, -0.2) is 0 Å². The first-order chi connectivity index (χ1) is 8.33. The molecule has 2 heterocycles. The normalized spacial score (nSPS) is 22.6. The van der Waals surface area contributed by atoms with Gasteiger partial charge in [0, 0.05) is 18.8 Å². The van der Waals surface area contributed by atoms with Gasteiger partial charge in [0.25, 0.3) is 0 Å². The lowest BCUT2D eigenvalue weighted by molar-refractivity contribution is -0.100. The van der Waals surface area contributed by atoms with Crippen LogP contribution in [-0.2, 0) is 22.4 Å². The van der Waals surface area contributed by atoms with Crippen LogP contribution in [0.5, 0.6) is 0 Å². The summed E-state index contributed by atoms with van der Waals surface area (Å²) in [7, 11) is 1.97. The molecule has 5 nitrogen and oxygen atoms in total. The molecular weight excluding hydrogens is 218 g/mol. The van der Waals surface area contributed by atoms with E-state index in [1.54, 1.807) is 0 Å². The largest absolute Gasteiger partial charge is 0.376 e. The van der Waals surface area contributed by atoms with Crippen molar-refractivity contribution >= 4 is 0 Å². The van der Waals surface area contributed by atoms with Crippen LogP contribution < -0.4 is 5.32 Å². The highest BCUT2D eigenvalue weighted by Crippen LogP contribution is 2.11. The zero-order valence-electron chi connectivity index (χ0n) is 10.6. The minimum Gasteiger partial charge on any atom is -0.376 e. The fourth-order valence-corrected chi connectivity index (χ4v) is 2.10. The van der Waals surface area contributed by atoms with Crippen molar-refractivity contribution in [1.82, 2.24) is 15.1 Å². The highest BCUT2D eigenvalue weighted by atomic mass is 16.6. The maximum atomic E-state index is 5.72. The molecule has 1 fully saturated rings. The quantitative estimate of drug-likeness (QED) is 0.810. The second-order valence-corrected chi connectivity index (χ2v) is 4.29. The molecule has 2 unspecified atom stereocenters. The Balaban J connectivity index is 1.93. The average molecular weight is 239 g/mol. The Bertz CT molecular complexity index is 334. The van der Waals surface area contributed by atoms with Gasteiger partial charge in [-0.1, -0.05) is 0 Å². The molecule has 1 aromatic rings. The molecule has 0 spiro atoms. The van der Waals surface area contributed by atoms with E-state index in [-0.39, 0.29) is 12.1 Å². The molecule has 2 rings (SSSR count). The monoisotopic (exact) mass is 239 g/mol. The van der Waals surface area contributed by atoms with Gasteiger partial charge in [-0.2, -0.15) is 5.10 Å². The summed E-state index contributed by atoms with van der Waals surface area (Å²) in [4.78, 5) is 0. The van der Waals surface area contributed by atoms with Gasteiger partial charge in [-0.3, -0.25) is 4.68 Å². The van der Waals surface area contributed by atoms with E-state index < -0.39 is 0 Å². The SMILES string of the molecule is CCn1cc(CC(NC)C2COCCO2)cn1. The summed E-state index contributed by atoms with van der Waals surface area (Å²) in [5.74, 6) is 0. The minimum absolute atomic E-state index is 0.138. The topological polar surface area (TPSA) is 48.3 Å². The lowest BCUT2D eigenvalue weighted by Crippen LogP contribution is -2.46. The second kappa shape index (κ2) is 6.14. The van der Waals surface area contributed by atoms with Crippen molar-refractivity contribution < 1.29 is 9.47 Å². The highest BCUT2D eigenvalue weighted by Gasteiger charge is 2.24. The van der Waals surface area contributed by atoms with Crippen molar-refractivity contribution in [2.45, 2.75) is 32.0 Å². The van der Waals surface area contributed by atoms with Crippen LogP contribution in [0, 0.1) is 0 Å². The summed E-state index contributed by atoms with van der Waals surface area (Å²) in [5, 5.41) is 7.59. The van der Waals surface area contributed by atoms with E-state index in [1.807, 2.05) is 17.9 Å². The molecule has 1 N–H and O–H groups in total. The Labute approximate surface area is 102 Å². The minimum atomic E-state index is 0.138. The smallest absolute Gasteiger partial charge is 0.0965 e. The molecular formula is C12H21N3O2. The molecule has 17 heavy (non-hydrogen) atoms. The van der Waals surface area contributed by atoms with E-state index >= 15 is 0 Å². The molecule has 1 aliphatic heterocycles. The van der Waals surface area contributed by atoms with Gasteiger partial charge in [0.2, 0.25) is 0 Å². The fourth-order valence-electron chi connectivity index (χ4n) is 2.10. The van der Waals surface area contributed by atoms with Crippen LogP contribution in [0.15, 0.2) is 12.4 Å². The molecule has 0 aromatic carbocycles. The molecule has 2 atom stereocenters. The van der Waals surface area contributed by atoms with Crippen LogP contribution in [0.25, 0.3) is 0 Å². The van der Waals surface area contributed by atoms with Gasteiger partial charge >= 0.3 is 0 Å². The summed E-state index contributed by atoms with van der Waals surface area (Å²) in [6.45, 7) is 5.07. The van der Waals surface area contributed by atoms with Crippen molar-refractivity contribution in [3.8, 4) is 0 Å². The van der Waals surface area contributed by atoms with Gasteiger partial charge in [-0.05, 0) is 26.0 Å². The number of nitrogens with one attached hydrogen (secondary N) is 1. The van der Waals surface area contributed by atoms with Crippen molar-refractivity contribution in [2.24, 2.45) is 0 Å². The van der Waals surface area contributed by atoms with Crippen molar-refractivity contribution in [2.75, 3.05) is 26.9 Å². The second-order valence-electron chi connectivity index (χ2n) is 4.29. The van der Waals surface area contributed by atoms with Crippen LogP contribution in [0.1, 0.15) is 12.5 Å². The zero-order chi connectivity index (χ0) is 12.1. The number of hydrogen-bond donors (Lipinski definition) is 1. The van der Waals surface area contributed by atoms with E-state index in [4.69, 9.17) is 9.47 Å². The van der Waals surface area contributed by atoms with Gasteiger partial charge in [0.1, 0.15) is 0 Å². The van der Waals surface area contributed by atoms with Crippen LogP contribution >= 0.6 is 0 Å². The first-order valence-electron chi connectivity index (χ1n) is 6.21. The predicted octanol–water partition coefficient (Wildman–Crippen LogP) is 0.449. The number of aromatic nitrogens is 2. The molecule has 0 radical (unpaired) electrons. The van der Waals surface area contributed by atoms with Crippen molar-refractivity contribution in [3.63, 3.8) is 0 Å². The number of ether oxygens (including phenoxy) is 2. The molecule has 5 heteroatoms. The maximum absolute atomic E-state index is 5.72. The van der Waals surface area contributed by atoms with E-state index in [0.717, 1.165) is 13.0 Å². The molecule has 1 saturated heterocycles. The first-order valence-corrected chi connectivity index (χ1v) is 6.21. The molecule has 0 aliphatic carbocycles. The van der Waals surface area contributed by atoms with Crippen molar-refractivity contribution in [1.29, 1.82) is 0 Å². The average Bonchev–Trinajstić information content (AvgIpc) is 2.84. The summed E-state index contributed by atoms with van der Waals surface area (Å²) in [6.07, 6.45) is 5.08. The number of rotatable bonds is 5. The maximum Gasteiger partial charge on any atom is 0.0965 e. The third-order valence-electron chi connectivity index (χ3n) is 3.13. The van der Waals surface area contributed by atoms with Crippen LogP contribution in [0.4, 0.5) is 0 Å². The van der Waals surface area contributed by atoms with Gasteiger partial charge < -0.3 is 14.8 Å². The van der Waals surface area contributed by atoms with Crippen LogP contribution in [0.3, 0.4) is 0 Å². The Hall–Kier alpha value is -0.910. The summed E-state index contributed by atoms with van der Waals surface area (Å²) in [6, 6.07) is 0.282. The zero-order valence-corrected chi connectivity index (χ0v) is 10.6. The van der Waals surface area contributed by atoms with Crippen LogP contribution in [0.2, 0.25) is 0 Å². The molecule has 1 aromatic heterocycles. The standard InChI is InChI=1S/C12H21N3O2/c1-3-15-8-10(7-14-15)6-11(13-2)12-9-16-4-5-17-12/h7-8,11-13H,3-6,9H2,1-2H3. The third kappa shape index (κ3) is 3.28. The third-order valence-corrected chi connectivity index (χ3v) is 3.13. The molecule has 1 aliphatic rings. The van der Waals surface area contributed by atoms with E-state index in [2.05, 4.69) is 23.5 Å². The highest BCUT2D eigenvalue weighted by molar-refractivity contribution is 5.07. The number of hydrogen-bond acceptors (Lipinski definition) is 4. The summed E-state index contributed by atoms with van der Waals surface area (Å²) in [5.41, 5.74) is 1.24.